The van der Waals surface area contributed by atoms with Crippen LogP contribution in [0.15, 0.2) is 104 Å². The van der Waals surface area contributed by atoms with E-state index >= 15 is 0 Å². The average molecular weight is 526 g/mol. The minimum atomic E-state index is -0.00442. The number of imidazole rings is 1. The molecule has 3 heteroatoms. The number of nitrogens with zero attached hydrogens (tertiary/aromatic N) is 3. The standard InChI is InChI=1S/C37H39N3/c1-5-36(4)37(6-2,31-16-11-14-29-20-24-39-25-26-40(36)35(39)34(29)31)21-12-23-38-22-10-9-17-32(38)33-27(3)18-19-28-13-7-8-15-30(28)33/h7-11,13-20,22,24-26H,5-6,12,21,23H2,1-4H3/q+2. The highest BCUT2D eigenvalue weighted by molar-refractivity contribution is 5.97. The van der Waals surface area contributed by atoms with E-state index in [-0.39, 0.29) is 11.0 Å². The van der Waals surface area contributed by atoms with Gasteiger partial charge in [-0.1, -0.05) is 68.4 Å². The third-order valence-corrected chi connectivity index (χ3v) is 10.3. The Kier molecular flexibility index (Phi) is 5.82. The molecule has 3 aromatic heterocycles. The summed E-state index contributed by atoms with van der Waals surface area (Å²) in [6.07, 6.45) is 13.5. The van der Waals surface area contributed by atoms with Crippen molar-refractivity contribution in [1.82, 2.24) is 4.40 Å². The van der Waals surface area contributed by atoms with Crippen molar-refractivity contribution >= 4 is 27.2 Å². The summed E-state index contributed by atoms with van der Waals surface area (Å²) in [5.74, 6) is 0. The van der Waals surface area contributed by atoms with Crippen LogP contribution < -0.4 is 9.13 Å². The largest absolute Gasteiger partial charge is 0.294 e. The first-order valence-corrected chi connectivity index (χ1v) is 14.9. The van der Waals surface area contributed by atoms with Gasteiger partial charge in [0.2, 0.25) is 5.69 Å². The molecule has 6 aromatic rings. The Morgan fingerprint density at radius 2 is 1.60 bits per heavy atom. The van der Waals surface area contributed by atoms with Gasteiger partial charge in [0.05, 0.1) is 17.1 Å². The van der Waals surface area contributed by atoms with Crippen molar-refractivity contribution in [3.63, 3.8) is 0 Å². The molecule has 1 aliphatic rings. The second-order valence-electron chi connectivity index (χ2n) is 11.9. The van der Waals surface area contributed by atoms with Crippen LogP contribution in [0.1, 0.15) is 57.6 Å². The molecule has 0 spiro atoms. The Bertz CT molecular complexity index is 1900. The van der Waals surface area contributed by atoms with Crippen molar-refractivity contribution in [1.29, 1.82) is 0 Å². The number of benzene rings is 3. The number of rotatable bonds is 7. The van der Waals surface area contributed by atoms with E-state index in [0.29, 0.717) is 0 Å². The summed E-state index contributed by atoms with van der Waals surface area (Å²) < 4.78 is 7.41. The number of aryl methyl sites for hydroxylation is 2. The molecule has 0 radical (unpaired) electrons. The molecule has 40 heavy (non-hydrogen) atoms. The van der Waals surface area contributed by atoms with E-state index < -0.39 is 0 Å². The highest BCUT2D eigenvalue weighted by Crippen LogP contribution is 2.51. The van der Waals surface area contributed by atoms with Gasteiger partial charge >= 0.3 is 0 Å². The molecule has 0 amide bonds. The van der Waals surface area contributed by atoms with E-state index in [1.807, 2.05) is 0 Å². The van der Waals surface area contributed by atoms with Crippen molar-refractivity contribution in [3.05, 3.63) is 115 Å². The fraction of sp³-hybridized carbons (Fsp3) is 0.297. The predicted octanol–water partition coefficient (Wildman–Crippen LogP) is 8.06. The van der Waals surface area contributed by atoms with E-state index in [9.17, 15) is 0 Å². The minimum Gasteiger partial charge on any atom is -0.224 e. The zero-order valence-electron chi connectivity index (χ0n) is 24.2. The van der Waals surface area contributed by atoms with Crippen molar-refractivity contribution in [2.45, 2.75) is 70.9 Å². The average Bonchev–Trinajstić information content (AvgIpc) is 3.44. The third kappa shape index (κ3) is 3.36. The van der Waals surface area contributed by atoms with Gasteiger partial charge in [0.1, 0.15) is 24.5 Å². The lowest BCUT2D eigenvalue weighted by Crippen LogP contribution is -2.67. The van der Waals surface area contributed by atoms with E-state index in [1.165, 1.54) is 49.6 Å². The molecule has 0 aliphatic carbocycles. The van der Waals surface area contributed by atoms with Crippen LogP contribution in [-0.4, -0.2) is 4.40 Å². The molecule has 2 atom stereocenters. The molecule has 0 fully saturated rings. The van der Waals surface area contributed by atoms with Gasteiger partial charge in [-0.2, -0.15) is 4.57 Å². The second kappa shape index (κ2) is 9.30. The monoisotopic (exact) mass is 525 g/mol. The van der Waals surface area contributed by atoms with E-state index in [0.717, 1.165) is 32.2 Å². The van der Waals surface area contributed by atoms with Crippen molar-refractivity contribution in [2.24, 2.45) is 0 Å². The molecule has 2 unspecified atom stereocenters. The summed E-state index contributed by atoms with van der Waals surface area (Å²) in [6.45, 7) is 10.5. The van der Waals surface area contributed by atoms with Crippen molar-refractivity contribution in [3.8, 4) is 11.3 Å². The quantitative estimate of drug-likeness (QED) is 0.187. The Morgan fingerprint density at radius 3 is 2.45 bits per heavy atom. The molecule has 200 valence electrons. The van der Waals surface area contributed by atoms with Gasteiger partial charge in [-0.05, 0) is 72.5 Å². The molecule has 7 rings (SSSR count). The first-order chi connectivity index (χ1) is 19.5. The van der Waals surface area contributed by atoms with Gasteiger partial charge in [-0.25, -0.2) is 8.97 Å². The smallest absolute Gasteiger partial charge is 0.224 e. The fourth-order valence-electron chi connectivity index (χ4n) is 8.04. The predicted molar refractivity (Wildman–Crippen MR) is 165 cm³/mol. The van der Waals surface area contributed by atoms with Crippen LogP contribution in [0.5, 0.6) is 0 Å². The summed E-state index contributed by atoms with van der Waals surface area (Å²) in [5.41, 5.74) is 6.90. The van der Waals surface area contributed by atoms with E-state index in [4.69, 9.17) is 0 Å². The van der Waals surface area contributed by atoms with Crippen LogP contribution in [0.4, 0.5) is 0 Å². The third-order valence-electron chi connectivity index (χ3n) is 10.3. The molecular weight excluding hydrogens is 486 g/mol. The molecule has 3 nitrogen and oxygen atoms in total. The Balaban J connectivity index is 1.31. The molecule has 0 N–H and O–H groups in total. The summed E-state index contributed by atoms with van der Waals surface area (Å²) in [4.78, 5) is 0. The highest BCUT2D eigenvalue weighted by Gasteiger charge is 2.55. The van der Waals surface area contributed by atoms with Crippen LogP contribution in [0, 0.1) is 6.92 Å². The number of fused-ring (bicyclic) bond motifs is 1. The van der Waals surface area contributed by atoms with Crippen LogP contribution >= 0.6 is 0 Å². The maximum Gasteiger partial charge on any atom is 0.294 e. The molecule has 4 heterocycles. The zero-order chi connectivity index (χ0) is 27.5. The summed E-state index contributed by atoms with van der Waals surface area (Å²) in [6, 6.07) is 29.2. The topological polar surface area (TPSA) is 12.2 Å². The van der Waals surface area contributed by atoms with Gasteiger partial charge in [0.25, 0.3) is 5.65 Å². The number of pyridine rings is 2. The van der Waals surface area contributed by atoms with E-state index in [1.54, 1.807) is 0 Å². The second-order valence-corrected chi connectivity index (χ2v) is 11.9. The van der Waals surface area contributed by atoms with Gasteiger partial charge in [-0.3, -0.25) is 0 Å². The fourth-order valence-corrected chi connectivity index (χ4v) is 8.04. The first-order valence-electron chi connectivity index (χ1n) is 14.9. The molecule has 0 bridgehead atoms. The van der Waals surface area contributed by atoms with Gasteiger partial charge in [-0.15, -0.1) is 0 Å². The Labute approximate surface area is 237 Å². The van der Waals surface area contributed by atoms with E-state index in [2.05, 4.69) is 145 Å². The summed E-state index contributed by atoms with van der Waals surface area (Å²) >= 11 is 0. The van der Waals surface area contributed by atoms with Crippen LogP contribution in [0.3, 0.4) is 0 Å². The van der Waals surface area contributed by atoms with Gasteiger partial charge in [0.15, 0.2) is 6.20 Å². The van der Waals surface area contributed by atoms with Crippen LogP contribution in [0.25, 0.3) is 38.4 Å². The lowest BCUT2D eigenvalue weighted by Gasteiger charge is -2.49. The van der Waals surface area contributed by atoms with Gasteiger partial charge < -0.3 is 0 Å². The maximum absolute atomic E-state index is 2.60. The summed E-state index contributed by atoms with van der Waals surface area (Å²) in [5, 5.41) is 5.41. The zero-order valence-corrected chi connectivity index (χ0v) is 24.2. The Morgan fingerprint density at radius 1 is 0.775 bits per heavy atom. The first kappa shape index (κ1) is 25.0. The van der Waals surface area contributed by atoms with Gasteiger partial charge in [0, 0.05) is 24.0 Å². The molecule has 0 saturated heterocycles. The van der Waals surface area contributed by atoms with Crippen LogP contribution in [0.2, 0.25) is 0 Å². The van der Waals surface area contributed by atoms with Crippen molar-refractivity contribution < 1.29 is 9.13 Å². The van der Waals surface area contributed by atoms with Crippen LogP contribution in [-0.2, 0) is 17.5 Å². The number of aromatic nitrogens is 3. The lowest BCUT2D eigenvalue weighted by molar-refractivity contribution is -0.751. The number of hydrogen-bond acceptors (Lipinski definition) is 0. The molecule has 0 saturated carbocycles. The minimum absolute atomic E-state index is 0.00442. The normalized spacial score (nSPS) is 20.2. The summed E-state index contributed by atoms with van der Waals surface area (Å²) in [7, 11) is 0. The Hall–Kier alpha value is -3.98. The molecule has 1 aliphatic heterocycles. The lowest BCUT2D eigenvalue weighted by atomic mass is 9.58. The number of hydrogen-bond donors (Lipinski definition) is 0. The highest BCUT2D eigenvalue weighted by atomic mass is 15.2. The SMILES string of the molecule is CCC1(CCC[n+]2ccccc2-c2c(C)ccc3ccccc23)c2cccc3ccn4cc[n+](c4c23)C1(C)CC. The maximum atomic E-state index is 2.60. The van der Waals surface area contributed by atoms with Crippen molar-refractivity contribution in [2.75, 3.05) is 0 Å². The molecule has 3 aromatic carbocycles. The molecular formula is C37H39N3+2.